The lowest BCUT2D eigenvalue weighted by Gasteiger charge is -2.38. The summed E-state index contributed by atoms with van der Waals surface area (Å²) >= 11 is 0. The van der Waals surface area contributed by atoms with E-state index < -0.39 is 23.8 Å². The summed E-state index contributed by atoms with van der Waals surface area (Å²) in [7, 11) is 4.46. The molecule has 1 fully saturated rings. The van der Waals surface area contributed by atoms with Crippen molar-refractivity contribution in [3.8, 4) is 28.8 Å². The number of aliphatic hydroxyl groups is 1. The van der Waals surface area contributed by atoms with Gasteiger partial charge in [-0.1, -0.05) is 0 Å². The van der Waals surface area contributed by atoms with Crippen molar-refractivity contribution in [1.29, 1.82) is 0 Å². The largest absolute Gasteiger partial charge is 0.497 e. The minimum Gasteiger partial charge on any atom is -0.497 e. The molecule has 0 radical (unpaired) electrons. The second kappa shape index (κ2) is 12.1. The molecule has 11 nitrogen and oxygen atoms in total. The summed E-state index contributed by atoms with van der Waals surface area (Å²) in [5.74, 6) is 0.749. The molecule has 0 aliphatic carbocycles. The van der Waals surface area contributed by atoms with Crippen molar-refractivity contribution >= 4 is 11.6 Å². The third-order valence-electron chi connectivity index (χ3n) is 7.59. The van der Waals surface area contributed by atoms with E-state index in [1.807, 2.05) is 4.90 Å². The molecule has 14 heteroatoms. The number of alkyl halides is 3. The number of benzene rings is 1. The van der Waals surface area contributed by atoms with Gasteiger partial charge in [0.2, 0.25) is 11.8 Å². The average Bonchev–Trinajstić information content (AvgIpc) is 3.43. The molecule has 4 aromatic rings. The highest BCUT2D eigenvalue weighted by Crippen LogP contribution is 2.37. The fraction of sp³-hybridized carbons (Fsp3) is 0.379. The maximum atomic E-state index is 14.3. The number of amides is 1. The van der Waals surface area contributed by atoms with Gasteiger partial charge >= 0.3 is 6.18 Å². The number of pyridine rings is 1. The molecule has 1 amide bonds. The van der Waals surface area contributed by atoms with Crippen molar-refractivity contribution < 1.29 is 37.3 Å². The molecule has 0 unspecified atom stereocenters. The number of hydrogen-bond donors (Lipinski definition) is 1. The van der Waals surface area contributed by atoms with Gasteiger partial charge in [-0.05, 0) is 37.3 Å². The highest BCUT2D eigenvalue weighted by molar-refractivity contribution is 6.00. The second-order valence-corrected chi connectivity index (χ2v) is 9.93. The van der Waals surface area contributed by atoms with Crippen LogP contribution in [0.1, 0.15) is 33.2 Å². The van der Waals surface area contributed by atoms with Crippen molar-refractivity contribution in [2.45, 2.75) is 19.1 Å². The first-order valence-corrected chi connectivity index (χ1v) is 13.4. The summed E-state index contributed by atoms with van der Waals surface area (Å²) in [5.41, 5.74) is -0.127. The number of carbonyl (C=O) groups excluding carboxylic acids is 1. The highest BCUT2D eigenvalue weighted by Gasteiger charge is 2.39. The zero-order chi connectivity index (χ0) is 30.9. The third-order valence-corrected chi connectivity index (χ3v) is 7.59. The van der Waals surface area contributed by atoms with E-state index in [9.17, 15) is 23.1 Å². The molecule has 4 heterocycles. The molecule has 0 bridgehead atoms. The Kier molecular flexibility index (Phi) is 8.42. The number of ether oxygens (including phenoxy) is 3. The molecular formula is C29H31F3N6O5. The Hall–Kier alpha value is -4.43. The number of aliphatic hydroxyl groups excluding tert-OH is 1. The minimum atomic E-state index is -4.75. The number of piperazine rings is 1. The van der Waals surface area contributed by atoms with Crippen LogP contribution in [0, 0.1) is 6.92 Å². The number of aromatic nitrogens is 4. The monoisotopic (exact) mass is 600 g/mol. The number of rotatable bonds is 8. The maximum Gasteiger partial charge on any atom is 0.433 e. The molecule has 3 aromatic heterocycles. The van der Waals surface area contributed by atoms with E-state index in [4.69, 9.17) is 14.2 Å². The standard InChI is InChI=1S/C29H31F3N6O5/c1-17-24(18-5-7-19(41-2)8-6-18)35-26-21(15-33-38(26)25(17)29(30,31)32)28(40)37-13-11-36(12-14-37)22(16-39)20-9-10-23(42-3)34-27(20)43-4/h5-10,15,22,39H,11-14,16H2,1-4H3/t22-/m0/s1. The smallest absolute Gasteiger partial charge is 0.433 e. The first-order chi connectivity index (χ1) is 20.6. The topological polar surface area (TPSA) is 115 Å². The van der Waals surface area contributed by atoms with Gasteiger partial charge in [0.05, 0.1) is 45.9 Å². The maximum absolute atomic E-state index is 14.3. The molecule has 1 N–H and O–H groups in total. The number of hydrogen-bond acceptors (Lipinski definition) is 9. The van der Waals surface area contributed by atoms with E-state index in [1.165, 1.54) is 28.3 Å². The Bertz CT molecular complexity index is 1620. The lowest BCUT2D eigenvalue weighted by atomic mass is 10.0. The second-order valence-electron chi connectivity index (χ2n) is 9.93. The fourth-order valence-corrected chi connectivity index (χ4v) is 5.37. The van der Waals surface area contributed by atoms with Crippen LogP contribution >= 0.6 is 0 Å². The number of nitrogens with zero attached hydrogens (tertiary/aromatic N) is 6. The minimum absolute atomic E-state index is 0.0338. The van der Waals surface area contributed by atoms with Gasteiger partial charge in [0.25, 0.3) is 5.91 Å². The van der Waals surface area contributed by atoms with Crippen LogP contribution in [0.4, 0.5) is 13.2 Å². The fourth-order valence-electron chi connectivity index (χ4n) is 5.37. The van der Waals surface area contributed by atoms with Gasteiger partial charge in [-0.3, -0.25) is 9.69 Å². The van der Waals surface area contributed by atoms with Crippen molar-refractivity contribution in [3.05, 3.63) is 65.0 Å². The van der Waals surface area contributed by atoms with Gasteiger partial charge in [-0.2, -0.15) is 23.3 Å². The van der Waals surface area contributed by atoms with E-state index >= 15 is 0 Å². The Morgan fingerprint density at radius 3 is 2.26 bits per heavy atom. The molecule has 1 aromatic carbocycles. The first kappa shape index (κ1) is 30.0. The van der Waals surface area contributed by atoms with Crippen molar-refractivity contribution in [2.75, 3.05) is 54.1 Å². The van der Waals surface area contributed by atoms with Crippen molar-refractivity contribution in [1.82, 2.24) is 29.4 Å². The van der Waals surface area contributed by atoms with Crippen LogP contribution in [0.3, 0.4) is 0 Å². The van der Waals surface area contributed by atoms with Crippen LogP contribution in [-0.2, 0) is 6.18 Å². The average molecular weight is 601 g/mol. The molecule has 1 aliphatic rings. The molecular weight excluding hydrogens is 569 g/mol. The van der Waals surface area contributed by atoms with Gasteiger partial charge in [-0.25, -0.2) is 9.50 Å². The van der Waals surface area contributed by atoms with E-state index in [0.717, 1.165) is 6.20 Å². The van der Waals surface area contributed by atoms with Crippen LogP contribution in [0.2, 0.25) is 0 Å². The summed E-state index contributed by atoms with van der Waals surface area (Å²) in [5, 5.41) is 14.2. The van der Waals surface area contributed by atoms with Crippen LogP contribution in [0.15, 0.2) is 42.6 Å². The summed E-state index contributed by atoms with van der Waals surface area (Å²) in [6.45, 7) is 2.43. The zero-order valence-corrected chi connectivity index (χ0v) is 24.1. The van der Waals surface area contributed by atoms with E-state index in [2.05, 4.69) is 15.1 Å². The molecule has 43 heavy (non-hydrogen) atoms. The van der Waals surface area contributed by atoms with Crippen molar-refractivity contribution in [2.24, 2.45) is 0 Å². The summed E-state index contributed by atoms with van der Waals surface area (Å²) in [6.07, 6.45) is -3.62. The van der Waals surface area contributed by atoms with Gasteiger partial charge in [-0.15, -0.1) is 0 Å². The van der Waals surface area contributed by atoms with Gasteiger partial charge in [0, 0.05) is 48.9 Å². The quantitative estimate of drug-likeness (QED) is 0.324. The lowest BCUT2D eigenvalue weighted by molar-refractivity contribution is -0.143. The lowest BCUT2D eigenvalue weighted by Crippen LogP contribution is -2.50. The van der Waals surface area contributed by atoms with E-state index in [0.29, 0.717) is 46.2 Å². The highest BCUT2D eigenvalue weighted by atomic mass is 19.4. The third kappa shape index (κ3) is 5.67. The number of carbonyl (C=O) groups is 1. The molecule has 1 aliphatic heterocycles. The normalized spacial score (nSPS) is 15.0. The summed E-state index contributed by atoms with van der Waals surface area (Å²) in [6, 6.07) is 9.50. The summed E-state index contributed by atoms with van der Waals surface area (Å²) < 4.78 is 59.3. The first-order valence-electron chi connectivity index (χ1n) is 13.4. The van der Waals surface area contributed by atoms with E-state index in [1.54, 1.807) is 41.3 Å². The summed E-state index contributed by atoms with van der Waals surface area (Å²) in [4.78, 5) is 26.0. The van der Waals surface area contributed by atoms with Crippen molar-refractivity contribution in [3.63, 3.8) is 0 Å². The Morgan fingerprint density at radius 2 is 1.67 bits per heavy atom. The Balaban J connectivity index is 1.43. The molecule has 1 atom stereocenters. The molecule has 0 spiro atoms. The van der Waals surface area contributed by atoms with Gasteiger partial charge in [0.15, 0.2) is 11.3 Å². The Labute approximate surface area is 245 Å². The van der Waals surface area contributed by atoms with Gasteiger partial charge < -0.3 is 24.2 Å². The number of halogens is 3. The van der Waals surface area contributed by atoms with Gasteiger partial charge in [0.1, 0.15) is 11.3 Å². The van der Waals surface area contributed by atoms with Crippen LogP contribution in [0.5, 0.6) is 17.5 Å². The van der Waals surface area contributed by atoms with Crippen LogP contribution < -0.4 is 14.2 Å². The molecule has 228 valence electrons. The predicted molar refractivity (Wildman–Crippen MR) is 149 cm³/mol. The number of fused-ring (bicyclic) bond motifs is 1. The van der Waals surface area contributed by atoms with E-state index in [-0.39, 0.29) is 42.2 Å². The molecule has 0 saturated carbocycles. The molecule has 1 saturated heterocycles. The number of methoxy groups -OCH3 is 3. The Morgan fingerprint density at radius 1 is 0.977 bits per heavy atom. The SMILES string of the molecule is COc1ccc(-c2nc3c(C(=O)N4CCN([C@@H](CO)c5ccc(OC)nc5OC)CC4)cnn3c(C(F)(F)F)c2C)cc1. The zero-order valence-electron chi connectivity index (χ0n) is 24.1. The van der Waals surface area contributed by atoms with Crippen LogP contribution in [0.25, 0.3) is 16.9 Å². The van der Waals surface area contributed by atoms with Crippen LogP contribution in [-0.4, -0.2) is 94.5 Å². The predicted octanol–water partition coefficient (Wildman–Crippen LogP) is 3.64. The molecule has 5 rings (SSSR count).